The predicted octanol–water partition coefficient (Wildman–Crippen LogP) is 2.47. The number of ether oxygens (including phenoxy) is 1. The first-order chi connectivity index (χ1) is 9.60. The van der Waals surface area contributed by atoms with Crippen LogP contribution >= 0.6 is 11.3 Å². The van der Waals surface area contributed by atoms with Gasteiger partial charge in [0.1, 0.15) is 10.8 Å². The fraction of sp³-hybridized carbons (Fsp3) is 0.308. The molecule has 0 unspecified atom stereocenters. The summed E-state index contributed by atoms with van der Waals surface area (Å²) in [5, 5.41) is 11.6. The summed E-state index contributed by atoms with van der Waals surface area (Å²) in [6, 6.07) is 4.96. The molecule has 2 aromatic rings. The number of benzene rings is 1. The number of rotatable bonds is 5. The average molecular weight is 292 g/mol. The molecule has 2 rings (SSSR count). The SMILES string of the molecule is CCCOc1ccc(C(=O)Nc2nnc(C)s2)cc1N. The lowest BCUT2D eigenvalue weighted by Gasteiger charge is -2.09. The van der Waals surface area contributed by atoms with Gasteiger partial charge in [0.05, 0.1) is 12.3 Å². The first-order valence-electron chi connectivity index (χ1n) is 6.24. The summed E-state index contributed by atoms with van der Waals surface area (Å²) in [6.45, 7) is 4.44. The molecular formula is C13H16N4O2S. The number of hydrogen-bond donors (Lipinski definition) is 2. The van der Waals surface area contributed by atoms with Gasteiger partial charge in [-0.15, -0.1) is 10.2 Å². The molecule has 0 atom stereocenters. The smallest absolute Gasteiger partial charge is 0.257 e. The summed E-state index contributed by atoms with van der Waals surface area (Å²) in [4.78, 5) is 12.0. The van der Waals surface area contributed by atoms with Crippen molar-refractivity contribution < 1.29 is 9.53 Å². The molecule has 0 radical (unpaired) electrons. The number of hydrogen-bond acceptors (Lipinski definition) is 6. The minimum atomic E-state index is -0.269. The molecule has 20 heavy (non-hydrogen) atoms. The summed E-state index contributed by atoms with van der Waals surface area (Å²) >= 11 is 1.32. The third-order valence-electron chi connectivity index (χ3n) is 2.48. The van der Waals surface area contributed by atoms with Crippen LogP contribution in [0.5, 0.6) is 5.75 Å². The fourth-order valence-corrected chi connectivity index (χ4v) is 2.14. The maximum absolute atomic E-state index is 12.0. The number of anilines is 2. The quantitative estimate of drug-likeness (QED) is 0.826. The first kappa shape index (κ1) is 14.3. The van der Waals surface area contributed by atoms with Crippen LogP contribution in [0.2, 0.25) is 0 Å². The summed E-state index contributed by atoms with van der Waals surface area (Å²) in [5.74, 6) is 0.324. The highest BCUT2D eigenvalue weighted by Gasteiger charge is 2.11. The topological polar surface area (TPSA) is 90.1 Å². The molecule has 1 amide bonds. The Hall–Kier alpha value is -2.15. The molecule has 106 valence electrons. The van der Waals surface area contributed by atoms with E-state index in [0.29, 0.717) is 28.7 Å². The van der Waals surface area contributed by atoms with Gasteiger partial charge >= 0.3 is 0 Å². The Balaban J connectivity index is 2.08. The molecule has 0 fully saturated rings. The molecule has 0 aliphatic carbocycles. The first-order valence-corrected chi connectivity index (χ1v) is 7.05. The van der Waals surface area contributed by atoms with E-state index in [1.807, 2.05) is 13.8 Å². The molecule has 1 aromatic carbocycles. The summed E-state index contributed by atoms with van der Waals surface area (Å²) < 4.78 is 5.47. The Morgan fingerprint density at radius 1 is 1.45 bits per heavy atom. The van der Waals surface area contributed by atoms with E-state index in [2.05, 4.69) is 15.5 Å². The standard InChI is InChI=1S/C13H16N4O2S/c1-3-6-19-11-5-4-9(7-10(11)14)12(18)15-13-17-16-8(2)20-13/h4-5,7H,3,6,14H2,1-2H3,(H,15,17,18). The minimum Gasteiger partial charge on any atom is -0.491 e. The third-order valence-corrected chi connectivity index (χ3v) is 3.23. The Morgan fingerprint density at radius 2 is 2.25 bits per heavy atom. The maximum Gasteiger partial charge on any atom is 0.257 e. The molecule has 6 nitrogen and oxygen atoms in total. The number of nitrogens with zero attached hydrogens (tertiary/aromatic N) is 2. The zero-order valence-corrected chi connectivity index (χ0v) is 12.2. The van der Waals surface area contributed by atoms with Gasteiger partial charge in [-0.05, 0) is 31.5 Å². The van der Waals surface area contributed by atoms with Crippen LogP contribution in [0.3, 0.4) is 0 Å². The number of aromatic nitrogens is 2. The lowest BCUT2D eigenvalue weighted by Crippen LogP contribution is -2.12. The molecule has 0 bridgehead atoms. The van der Waals surface area contributed by atoms with Crippen LogP contribution in [-0.4, -0.2) is 22.7 Å². The number of nitrogens with one attached hydrogen (secondary N) is 1. The summed E-state index contributed by atoms with van der Waals surface area (Å²) in [5.41, 5.74) is 6.77. The summed E-state index contributed by atoms with van der Waals surface area (Å²) in [7, 11) is 0. The van der Waals surface area contributed by atoms with Crippen molar-refractivity contribution in [3.63, 3.8) is 0 Å². The van der Waals surface area contributed by atoms with E-state index in [1.165, 1.54) is 11.3 Å². The predicted molar refractivity (Wildman–Crippen MR) is 79.2 cm³/mol. The van der Waals surface area contributed by atoms with E-state index < -0.39 is 0 Å². The van der Waals surface area contributed by atoms with Gasteiger partial charge in [0.25, 0.3) is 5.91 Å². The van der Waals surface area contributed by atoms with Crippen molar-refractivity contribution >= 4 is 28.1 Å². The lowest BCUT2D eigenvalue weighted by atomic mass is 10.2. The molecule has 1 heterocycles. The van der Waals surface area contributed by atoms with Gasteiger partial charge in [0, 0.05) is 5.56 Å². The number of nitrogen functional groups attached to an aromatic ring is 1. The van der Waals surface area contributed by atoms with Crippen LogP contribution in [0.1, 0.15) is 28.7 Å². The van der Waals surface area contributed by atoms with Crippen LogP contribution in [0.4, 0.5) is 10.8 Å². The van der Waals surface area contributed by atoms with E-state index in [-0.39, 0.29) is 5.91 Å². The van der Waals surface area contributed by atoms with Crippen molar-refractivity contribution in [1.82, 2.24) is 10.2 Å². The number of carbonyl (C=O) groups is 1. The van der Waals surface area contributed by atoms with Crippen LogP contribution in [0.25, 0.3) is 0 Å². The van der Waals surface area contributed by atoms with Crippen molar-refractivity contribution in [3.8, 4) is 5.75 Å². The van der Waals surface area contributed by atoms with E-state index in [1.54, 1.807) is 18.2 Å². The van der Waals surface area contributed by atoms with Gasteiger partial charge < -0.3 is 10.5 Å². The molecule has 0 saturated carbocycles. The van der Waals surface area contributed by atoms with Crippen LogP contribution in [0, 0.1) is 6.92 Å². The van der Waals surface area contributed by atoms with Crippen LogP contribution in [0.15, 0.2) is 18.2 Å². The zero-order valence-electron chi connectivity index (χ0n) is 11.3. The monoisotopic (exact) mass is 292 g/mol. The van der Waals surface area contributed by atoms with Crippen molar-refractivity contribution in [2.45, 2.75) is 20.3 Å². The number of amides is 1. The van der Waals surface area contributed by atoms with E-state index in [9.17, 15) is 4.79 Å². The maximum atomic E-state index is 12.0. The normalized spacial score (nSPS) is 10.3. The Labute approximate surface area is 121 Å². The molecular weight excluding hydrogens is 276 g/mol. The third kappa shape index (κ3) is 3.45. The molecule has 0 aliphatic heterocycles. The van der Waals surface area contributed by atoms with Crippen LogP contribution < -0.4 is 15.8 Å². The van der Waals surface area contributed by atoms with Gasteiger partial charge in [-0.3, -0.25) is 10.1 Å². The average Bonchev–Trinajstić information content (AvgIpc) is 2.82. The van der Waals surface area contributed by atoms with Crippen molar-refractivity contribution in [2.75, 3.05) is 17.7 Å². The fourth-order valence-electron chi connectivity index (χ4n) is 1.55. The van der Waals surface area contributed by atoms with Crippen LogP contribution in [-0.2, 0) is 0 Å². The molecule has 1 aromatic heterocycles. The second kappa shape index (κ2) is 6.33. The van der Waals surface area contributed by atoms with Gasteiger partial charge in [-0.2, -0.15) is 0 Å². The van der Waals surface area contributed by atoms with Crippen molar-refractivity contribution in [2.24, 2.45) is 0 Å². The largest absolute Gasteiger partial charge is 0.491 e. The molecule has 0 saturated heterocycles. The number of nitrogens with two attached hydrogens (primary N) is 1. The molecule has 0 aliphatic rings. The Bertz CT molecular complexity index is 612. The minimum absolute atomic E-state index is 0.269. The van der Waals surface area contributed by atoms with Gasteiger partial charge in [0.2, 0.25) is 5.13 Å². The summed E-state index contributed by atoms with van der Waals surface area (Å²) in [6.07, 6.45) is 0.901. The van der Waals surface area contributed by atoms with E-state index in [0.717, 1.165) is 11.4 Å². The van der Waals surface area contributed by atoms with Crippen molar-refractivity contribution in [1.29, 1.82) is 0 Å². The van der Waals surface area contributed by atoms with Gasteiger partial charge in [-0.25, -0.2) is 0 Å². The highest BCUT2D eigenvalue weighted by Crippen LogP contribution is 2.23. The van der Waals surface area contributed by atoms with E-state index >= 15 is 0 Å². The molecule has 0 spiro atoms. The van der Waals surface area contributed by atoms with Gasteiger partial charge in [0.15, 0.2) is 0 Å². The molecule has 3 N–H and O–H groups in total. The second-order valence-electron chi connectivity index (χ2n) is 4.18. The van der Waals surface area contributed by atoms with Crippen molar-refractivity contribution in [3.05, 3.63) is 28.8 Å². The number of aryl methyl sites for hydroxylation is 1. The highest BCUT2D eigenvalue weighted by atomic mass is 32.1. The van der Waals surface area contributed by atoms with E-state index in [4.69, 9.17) is 10.5 Å². The Morgan fingerprint density at radius 3 is 2.85 bits per heavy atom. The zero-order chi connectivity index (χ0) is 14.5. The molecule has 7 heteroatoms. The number of carbonyl (C=O) groups excluding carboxylic acids is 1. The lowest BCUT2D eigenvalue weighted by molar-refractivity contribution is 0.102. The highest BCUT2D eigenvalue weighted by molar-refractivity contribution is 7.15. The second-order valence-corrected chi connectivity index (χ2v) is 5.36. The van der Waals surface area contributed by atoms with Gasteiger partial charge in [-0.1, -0.05) is 18.3 Å². The Kier molecular flexibility index (Phi) is 4.52.